The normalized spacial score (nSPS) is 11.6. The van der Waals surface area contributed by atoms with Gasteiger partial charge >= 0.3 is 0 Å². The highest BCUT2D eigenvalue weighted by Crippen LogP contribution is 2.38. The van der Waals surface area contributed by atoms with E-state index < -0.39 is 0 Å². The number of aromatic nitrogens is 3. The standard InChI is InChI=1S/C45H27N3O2/c1-2-10-28(11-3-1)31-12-8-13-32(26-31)29-20-22-30(23-21-29)43-46-44(33-24-25-40-37(27-33)34-14-4-6-17-38(34)49-40)48-45(47-43)36-16-9-19-41-42(36)35-15-5-7-18-39(35)50-41/h1-27H. The Hall–Kier alpha value is -6.85. The monoisotopic (exact) mass is 641 g/mol. The molecular formula is C45H27N3O2. The Balaban J connectivity index is 1.13. The molecule has 0 bridgehead atoms. The molecule has 50 heavy (non-hydrogen) atoms. The summed E-state index contributed by atoms with van der Waals surface area (Å²) in [4.78, 5) is 15.3. The molecule has 0 aliphatic heterocycles. The molecule has 0 atom stereocenters. The van der Waals surface area contributed by atoms with Crippen molar-refractivity contribution >= 4 is 43.9 Å². The highest BCUT2D eigenvalue weighted by atomic mass is 16.3. The van der Waals surface area contributed by atoms with E-state index >= 15 is 0 Å². The van der Waals surface area contributed by atoms with Gasteiger partial charge in [-0.25, -0.2) is 15.0 Å². The molecule has 0 unspecified atom stereocenters. The van der Waals surface area contributed by atoms with Gasteiger partial charge in [-0.05, 0) is 64.7 Å². The van der Waals surface area contributed by atoms with Crippen molar-refractivity contribution in [1.82, 2.24) is 15.0 Å². The molecule has 5 nitrogen and oxygen atoms in total. The summed E-state index contributed by atoms with van der Waals surface area (Å²) in [6, 6.07) is 55.9. The van der Waals surface area contributed by atoms with E-state index in [2.05, 4.69) is 97.1 Å². The summed E-state index contributed by atoms with van der Waals surface area (Å²) in [6.07, 6.45) is 0. The number of hydrogen-bond donors (Lipinski definition) is 0. The molecule has 0 saturated carbocycles. The van der Waals surface area contributed by atoms with E-state index in [-0.39, 0.29) is 0 Å². The predicted octanol–water partition coefficient (Wildman–Crippen LogP) is 12.0. The first kappa shape index (κ1) is 28.2. The van der Waals surface area contributed by atoms with Gasteiger partial charge in [-0.3, -0.25) is 0 Å². The van der Waals surface area contributed by atoms with E-state index in [0.29, 0.717) is 17.5 Å². The van der Waals surface area contributed by atoms with Crippen LogP contribution in [0, 0.1) is 0 Å². The van der Waals surface area contributed by atoms with Crippen molar-refractivity contribution in [2.24, 2.45) is 0 Å². The van der Waals surface area contributed by atoms with Gasteiger partial charge in [0.25, 0.3) is 0 Å². The zero-order valence-corrected chi connectivity index (χ0v) is 26.7. The van der Waals surface area contributed by atoms with Gasteiger partial charge in [-0.2, -0.15) is 0 Å². The van der Waals surface area contributed by atoms with Crippen molar-refractivity contribution in [2.45, 2.75) is 0 Å². The van der Waals surface area contributed by atoms with Gasteiger partial charge in [0.2, 0.25) is 0 Å². The molecule has 0 aliphatic carbocycles. The van der Waals surface area contributed by atoms with Crippen LogP contribution < -0.4 is 0 Å². The zero-order valence-electron chi connectivity index (χ0n) is 26.7. The molecule has 0 fully saturated rings. The number of para-hydroxylation sites is 2. The smallest absolute Gasteiger partial charge is 0.164 e. The molecular weight excluding hydrogens is 615 g/mol. The second kappa shape index (κ2) is 11.4. The van der Waals surface area contributed by atoms with Gasteiger partial charge in [0.1, 0.15) is 22.3 Å². The Kier molecular flexibility index (Phi) is 6.42. The van der Waals surface area contributed by atoms with Gasteiger partial charge in [-0.1, -0.05) is 121 Å². The minimum atomic E-state index is 0.582. The molecule has 0 amide bonds. The van der Waals surface area contributed by atoms with Crippen molar-refractivity contribution < 1.29 is 8.83 Å². The Morgan fingerprint density at radius 2 is 0.820 bits per heavy atom. The maximum atomic E-state index is 6.23. The average Bonchev–Trinajstić information content (AvgIpc) is 3.76. The minimum absolute atomic E-state index is 0.582. The molecule has 0 saturated heterocycles. The van der Waals surface area contributed by atoms with Crippen molar-refractivity contribution in [3.8, 4) is 56.4 Å². The maximum Gasteiger partial charge on any atom is 0.164 e. The number of nitrogens with zero attached hydrogens (tertiary/aromatic N) is 3. The summed E-state index contributed by atoms with van der Waals surface area (Å²) in [5.74, 6) is 1.76. The fourth-order valence-corrected chi connectivity index (χ4v) is 6.90. The molecule has 7 aromatic carbocycles. The third-order valence-electron chi connectivity index (χ3n) is 9.36. The van der Waals surface area contributed by atoms with Crippen LogP contribution in [0.2, 0.25) is 0 Å². The van der Waals surface area contributed by atoms with Crippen LogP contribution in [0.25, 0.3) is 100 Å². The summed E-state index contributed by atoms with van der Waals surface area (Å²) in [6.45, 7) is 0. The van der Waals surface area contributed by atoms with Crippen LogP contribution in [0.15, 0.2) is 173 Å². The van der Waals surface area contributed by atoms with Gasteiger partial charge in [-0.15, -0.1) is 0 Å². The van der Waals surface area contributed by atoms with Crippen molar-refractivity contribution in [3.63, 3.8) is 0 Å². The van der Waals surface area contributed by atoms with Gasteiger partial charge < -0.3 is 8.83 Å². The summed E-state index contributed by atoms with van der Waals surface area (Å²) in [7, 11) is 0. The Morgan fingerprint density at radius 3 is 1.62 bits per heavy atom. The van der Waals surface area contributed by atoms with E-state index in [1.54, 1.807) is 0 Å². The summed E-state index contributed by atoms with van der Waals surface area (Å²) in [5, 5.41) is 4.08. The first-order chi connectivity index (χ1) is 24.7. The SMILES string of the molecule is c1ccc(-c2cccc(-c3ccc(-c4nc(-c5ccc6oc7ccccc7c6c5)nc(-c5cccc6oc7ccccc7c56)n4)cc3)c2)cc1. The van der Waals surface area contributed by atoms with Gasteiger partial charge in [0.15, 0.2) is 17.5 Å². The highest BCUT2D eigenvalue weighted by Gasteiger charge is 2.18. The largest absolute Gasteiger partial charge is 0.456 e. The molecule has 0 aliphatic rings. The minimum Gasteiger partial charge on any atom is -0.456 e. The van der Waals surface area contributed by atoms with Crippen molar-refractivity contribution in [1.29, 1.82) is 0 Å². The molecule has 0 N–H and O–H groups in total. The summed E-state index contributed by atoms with van der Waals surface area (Å²) < 4.78 is 12.4. The highest BCUT2D eigenvalue weighted by molar-refractivity contribution is 6.12. The first-order valence-corrected chi connectivity index (χ1v) is 16.6. The molecule has 10 aromatic rings. The topological polar surface area (TPSA) is 65.0 Å². The van der Waals surface area contributed by atoms with Crippen molar-refractivity contribution in [2.75, 3.05) is 0 Å². The number of furan rings is 2. The third-order valence-corrected chi connectivity index (χ3v) is 9.36. The fraction of sp³-hybridized carbons (Fsp3) is 0. The number of fused-ring (bicyclic) bond motifs is 6. The van der Waals surface area contributed by atoms with Crippen LogP contribution >= 0.6 is 0 Å². The lowest BCUT2D eigenvalue weighted by atomic mass is 9.98. The molecule has 234 valence electrons. The zero-order chi connectivity index (χ0) is 33.0. The van der Waals surface area contributed by atoms with Crippen LogP contribution in [0.5, 0.6) is 0 Å². The lowest BCUT2D eigenvalue weighted by Crippen LogP contribution is -2.00. The summed E-state index contributed by atoms with van der Waals surface area (Å²) >= 11 is 0. The Morgan fingerprint density at radius 1 is 0.300 bits per heavy atom. The van der Waals surface area contributed by atoms with Crippen LogP contribution in [0.4, 0.5) is 0 Å². The first-order valence-electron chi connectivity index (χ1n) is 16.6. The molecule has 5 heteroatoms. The van der Waals surface area contributed by atoms with E-state index in [1.165, 1.54) is 11.1 Å². The molecule has 3 heterocycles. The Labute approximate surface area is 287 Å². The fourth-order valence-electron chi connectivity index (χ4n) is 6.90. The molecule has 0 radical (unpaired) electrons. The van der Waals surface area contributed by atoms with Crippen LogP contribution in [-0.4, -0.2) is 15.0 Å². The quantitative estimate of drug-likeness (QED) is 0.187. The maximum absolute atomic E-state index is 6.23. The lowest BCUT2D eigenvalue weighted by molar-refractivity contribution is 0.668. The number of rotatable bonds is 5. The van der Waals surface area contributed by atoms with Gasteiger partial charge in [0, 0.05) is 38.2 Å². The van der Waals surface area contributed by atoms with Crippen LogP contribution in [0.3, 0.4) is 0 Å². The molecule has 0 spiro atoms. The van der Waals surface area contributed by atoms with Crippen molar-refractivity contribution in [3.05, 3.63) is 164 Å². The lowest BCUT2D eigenvalue weighted by Gasteiger charge is -2.10. The summed E-state index contributed by atoms with van der Waals surface area (Å²) in [5.41, 5.74) is 10.6. The number of hydrogen-bond acceptors (Lipinski definition) is 5. The second-order valence-electron chi connectivity index (χ2n) is 12.4. The van der Waals surface area contributed by atoms with E-state index in [0.717, 1.165) is 71.7 Å². The molecule has 10 rings (SSSR count). The third kappa shape index (κ3) is 4.75. The second-order valence-corrected chi connectivity index (χ2v) is 12.4. The average molecular weight is 642 g/mol. The van der Waals surface area contributed by atoms with Crippen LogP contribution in [0.1, 0.15) is 0 Å². The van der Waals surface area contributed by atoms with E-state index in [9.17, 15) is 0 Å². The van der Waals surface area contributed by atoms with Gasteiger partial charge in [0.05, 0.1) is 0 Å². The Bertz CT molecular complexity index is 2870. The van der Waals surface area contributed by atoms with E-state index in [1.807, 2.05) is 66.7 Å². The predicted molar refractivity (Wildman–Crippen MR) is 202 cm³/mol. The van der Waals surface area contributed by atoms with Crippen LogP contribution in [-0.2, 0) is 0 Å². The van der Waals surface area contributed by atoms with E-state index in [4.69, 9.17) is 23.8 Å². The number of benzene rings is 7. The molecule has 3 aromatic heterocycles.